The highest BCUT2D eigenvalue weighted by Gasteiger charge is 2.46. The highest BCUT2D eigenvalue weighted by molar-refractivity contribution is 6.46. The molecular weight excluding hydrogens is 502 g/mol. The lowest BCUT2D eigenvalue weighted by Crippen LogP contribution is -2.42. The monoisotopic (exact) mass is 537 g/mol. The molecule has 2 aliphatic rings. The zero-order chi connectivity index (χ0) is 27.8. The van der Waals surface area contributed by atoms with E-state index in [4.69, 9.17) is 19.9 Å². The molecule has 10 heteroatoms. The summed E-state index contributed by atoms with van der Waals surface area (Å²) in [6, 6.07) is 12.7. The standard InChI is InChI=1S/C29H35N3O7/c1-2-3-16-38-22-10-6-21(7-11-22)27(34)25-26(20-4-8-23(9-5-20)39-19-24(30)33)32(29(36)28(25)35)13-12-31-14-17-37-18-15-31/h4-11,26,34H,2-3,12-19H2,1H3,(H2,30,33)/b27-25+. The second-order valence-electron chi connectivity index (χ2n) is 9.50. The number of hydrogen-bond acceptors (Lipinski definition) is 8. The number of nitrogens with two attached hydrogens (primary N) is 1. The number of benzene rings is 2. The molecule has 0 radical (unpaired) electrons. The van der Waals surface area contributed by atoms with Crippen molar-refractivity contribution in [2.45, 2.75) is 25.8 Å². The Morgan fingerprint density at radius 3 is 2.28 bits per heavy atom. The quantitative estimate of drug-likeness (QED) is 0.183. The fourth-order valence-corrected chi connectivity index (χ4v) is 4.63. The van der Waals surface area contributed by atoms with E-state index < -0.39 is 23.6 Å². The Kier molecular flexibility index (Phi) is 9.56. The molecule has 0 aliphatic carbocycles. The Labute approximate surface area is 227 Å². The third kappa shape index (κ3) is 6.96. The second kappa shape index (κ2) is 13.3. The van der Waals surface area contributed by atoms with Gasteiger partial charge in [-0.05, 0) is 48.4 Å². The molecule has 2 aromatic carbocycles. The lowest BCUT2D eigenvalue weighted by molar-refractivity contribution is -0.140. The van der Waals surface area contributed by atoms with E-state index in [0.717, 1.165) is 25.9 Å². The third-order valence-electron chi connectivity index (χ3n) is 6.77. The van der Waals surface area contributed by atoms with Gasteiger partial charge in [-0.1, -0.05) is 25.5 Å². The minimum absolute atomic E-state index is 0.0208. The normalized spacial score (nSPS) is 19.3. The van der Waals surface area contributed by atoms with Crippen molar-refractivity contribution in [3.63, 3.8) is 0 Å². The molecule has 0 spiro atoms. The maximum atomic E-state index is 13.3. The molecule has 2 heterocycles. The summed E-state index contributed by atoms with van der Waals surface area (Å²) in [6.45, 7) is 6.00. The number of Topliss-reactive ketones (excluding diaryl/α,β-unsaturated/α-hetero) is 1. The van der Waals surface area contributed by atoms with Crippen LogP contribution < -0.4 is 15.2 Å². The summed E-state index contributed by atoms with van der Waals surface area (Å²) in [7, 11) is 0. The minimum atomic E-state index is -0.795. The first-order valence-corrected chi connectivity index (χ1v) is 13.2. The van der Waals surface area contributed by atoms with Crippen LogP contribution in [0, 0.1) is 0 Å². The van der Waals surface area contributed by atoms with Gasteiger partial charge in [-0.3, -0.25) is 19.3 Å². The van der Waals surface area contributed by atoms with Crippen LogP contribution in [0.2, 0.25) is 0 Å². The fraction of sp³-hybridized carbons (Fsp3) is 0.414. The van der Waals surface area contributed by atoms with E-state index in [9.17, 15) is 19.5 Å². The van der Waals surface area contributed by atoms with Crippen LogP contribution in [0.15, 0.2) is 54.1 Å². The average Bonchev–Trinajstić information content (AvgIpc) is 3.21. The number of aliphatic hydroxyl groups is 1. The predicted molar refractivity (Wildman–Crippen MR) is 144 cm³/mol. The molecule has 39 heavy (non-hydrogen) atoms. The lowest BCUT2D eigenvalue weighted by Gasteiger charge is -2.31. The fourth-order valence-electron chi connectivity index (χ4n) is 4.63. The number of likely N-dealkylation sites (tertiary alicyclic amines) is 1. The van der Waals surface area contributed by atoms with Crippen LogP contribution >= 0.6 is 0 Å². The largest absolute Gasteiger partial charge is 0.507 e. The molecule has 2 aromatic rings. The molecule has 2 saturated heterocycles. The lowest BCUT2D eigenvalue weighted by atomic mass is 9.95. The SMILES string of the molecule is CCCCOc1ccc(/C(O)=C2\C(=O)C(=O)N(CCN3CCOCC3)C2c2ccc(OCC(N)=O)cc2)cc1. The molecule has 10 nitrogen and oxygen atoms in total. The van der Waals surface area contributed by atoms with Crippen molar-refractivity contribution in [3.8, 4) is 11.5 Å². The van der Waals surface area contributed by atoms with Gasteiger partial charge in [0.1, 0.15) is 17.3 Å². The molecule has 2 aliphatic heterocycles. The van der Waals surface area contributed by atoms with Gasteiger partial charge in [0, 0.05) is 31.7 Å². The number of morpholine rings is 1. The molecule has 0 saturated carbocycles. The Morgan fingerprint density at radius 2 is 1.64 bits per heavy atom. The average molecular weight is 538 g/mol. The Bertz CT molecular complexity index is 1190. The molecule has 4 rings (SSSR count). The van der Waals surface area contributed by atoms with Crippen molar-refractivity contribution in [1.29, 1.82) is 0 Å². The van der Waals surface area contributed by atoms with E-state index in [2.05, 4.69) is 11.8 Å². The molecule has 2 fully saturated rings. The zero-order valence-corrected chi connectivity index (χ0v) is 22.1. The maximum Gasteiger partial charge on any atom is 0.295 e. The summed E-state index contributed by atoms with van der Waals surface area (Å²) in [6.07, 6.45) is 1.95. The number of amides is 2. The van der Waals surface area contributed by atoms with Gasteiger partial charge in [0.15, 0.2) is 6.61 Å². The molecule has 3 N–H and O–H groups in total. The van der Waals surface area contributed by atoms with Crippen molar-refractivity contribution in [2.24, 2.45) is 5.73 Å². The van der Waals surface area contributed by atoms with Crippen LogP contribution in [0.1, 0.15) is 36.9 Å². The Balaban J connectivity index is 1.64. The summed E-state index contributed by atoms with van der Waals surface area (Å²) < 4.78 is 16.5. The summed E-state index contributed by atoms with van der Waals surface area (Å²) in [5.74, 6) is -1.17. The number of rotatable bonds is 12. The van der Waals surface area contributed by atoms with Crippen molar-refractivity contribution in [1.82, 2.24) is 9.80 Å². The van der Waals surface area contributed by atoms with Gasteiger partial charge in [-0.25, -0.2) is 0 Å². The number of unbranched alkanes of at least 4 members (excludes halogenated alkanes) is 1. The van der Waals surface area contributed by atoms with Crippen LogP contribution in [0.25, 0.3) is 5.76 Å². The molecule has 208 valence electrons. The van der Waals surface area contributed by atoms with E-state index in [1.807, 2.05) is 0 Å². The van der Waals surface area contributed by atoms with Crippen molar-refractivity contribution in [2.75, 3.05) is 52.6 Å². The van der Waals surface area contributed by atoms with Gasteiger partial charge in [0.2, 0.25) is 0 Å². The number of ether oxygens (including phenoxy) is 3. The minimum Gasteiger partial charge on any atom is -0.507 e. The number of carbonyl (C=O) groups is 3. The third-order valence-corrected chi connectivity index (χ3v) is 6.77. The van der Waals surface area contributed by atoms with Crippen LogP contribution in [-0.4, -0.2) is 85.1 Å². The zero-order valence-electron chi connectivity index (χ0n) is 22.1. The van der Waals surface area contributed by atoms with E-state index in [1.54, 1.807) is 48.5 Å². The Hall–Kier alpha value is -3.89. The Morgan fingerprint density at radius 1 is 1.00 bits per heavy atom. The van der Waals surface area contributed by atoms with Gasteiger partial charge in [-0.2, -0.15) is 0 Å². The first-order valence-electron chi connectivity index (χ1n) is 13.2. The predicted octanol–water partition coefficient (Wildman–Crippen LogP) is 2.48. The highest BCUT2D eigenvalue weighted by Crippen LogP contribution is 2.40. The van der Waals surface area contributed by atoms with Gasteiger partial charge >= 0.3 is 0 Å². The summed E-state index contributed by atoms with van der Waals surface area (Å²) in [4.78, 5) is 41.3. The first kappa shape index (κ1) is 28.1. The van der Waals surface area contributed by atoms with Crippen molar-refractivity contribution < 1.29 is 33.7 Å². The molecule has 1 unspecified atom stereocenters. The summed E-state index contributed by atoms with van der Waals surface area (Å²) >= 11 is 0. The van der Waals surface area contributed by atoms with E-state index in [0.29, 0.717) is 55.5 Å². The van der Waals surface area contributed by atoms with Crippen LogP contribution in [-0.2, 0) is 19.1 Å². The molecular formula is C29H35N3O7. The number of primary amides is 1. The summed E-state index contributed by atoms with van der Waals surface area (Å²) in [5, 5.41) is 11.3. The van der Waals surface area contributed by atoms with Crippen LogP contribution in [0.5, 0.6) is 11.5 Å². The van der Waals surface area contributed by atoms with E-state index in [-0.39, 0.29) is 17.9 Å². The number of aliphatic hydroxyl groups excluding tert-OH is 1. The molecule has 1 atom stereocenters. The molecule has 2 amide bonds. The van der Waals surface area contributed by atoms with Crippen molar-refractivity contribution >= 4 is 23.4 Å². The highest BCUT2D eigenvalue weighted by atomic mass is 16.5. The summed E-state index contributed by atoms with van der Waals surface area (Å²) in [5.41, 5.74) is 6.22. The van der Waals surface area contributed by atoms with Crippen LogP contribution in [0.4, 0.5) is 0 Å². The number of carbonyl (C=O) groups excluding carboxylic acids is 3. The number of hydrogen-bond donors (Lipinski definition) is 2. The number of nitrogens with zero attached hydrogens (tertiary/aromatic N) is 2. The van der Waals surface area contributed by atoms with Gasteiger partial charge in [0.25, 0.3) is 17.6 Å². The molecule has 0 bridgehead atoms. The number of ketones is 1. The van der Waals surface area contributed by atoms with Crippen molar-refractivity contribution in [3.05, 3.63) is 65.2 Å². The second-order valence-corrected chi connectivity index (χ2v) is 9.50. The maximum absolute atomic E-state index is 13.3. The van der Waals surface area contributed by atoms with Gasteiger partial charge in [-0.15, -0.1) is 0 Å². The topological polar surface area (TPSA) is 132 Å². The van der Waals surface area contributed by atoms with Gasteiger partial charge < -0.3 is 30.0 Å². The van der Waals surface area contributed by atoms with E-state index in [1.165, 1.54) is 4.90 Å². The smallest absolute Gasteiger partial charge is 0.295 e. The van der Waals surface area contributed by atoms with E-state index >= 15 is 0 Å². The van der Waals surface area contributed by atoms with Gasteiger partial charge in [0.05, 0.1) is 31.4 Å². The molecule has 0 aromatic heterocycles. The first-order chi connectivity index (χ1) is 18.9. The van der Waals surface area contributed by atoms with Crippen LogP contribution in [0.3, 0.4) is 0 Å².